The second-order valence-corrected chi connectivity index (χ2v) is 7.63. The van der Waals surface area contributed by atoms with Gasteiger partial charge in [-0.25, -0.2) is 0 Å². The van der Waals surface area contributed by atoms with Crippen molar-refractivity contribution in [2.45, 2.75) is 24.1 Å². The summed E-state index contributed by atoms with van der Waals surface area (Å²) in [5.74, 6) is -0.146. The summed E-state index contributed by atoms with van der Waals surface area (Å²) < 4.78 is 62.1. The Morgan fingerprint density at radius 3 is 2.43 bits per heavy atom. The number of methoxy groups -OCH3 is 2. The standard InChI is InChI=1S/C19H20F3NO4S/c1-12(18(24)23-16-10-14(26-2)8-9-17(16)27-3)28(25)11-13-6-4-5-7-15(13)19(20,21)22/h4-10,12H,11H2,1-3H3,(H,23,24)/t12-,28-/m0/s1. The van der Waals surface area contributed by atoms with Gasteiger partial charge in [-0.1, -0.05) is 18.2 Å². The van der Waals surface area contributed by atoms with Crippen molar-refractivity contribution in [1.82, 2.24) is 0 Å². The minimum Gasteiger partial charge on any atom is -0.497 e. The predicted molar refractivity (Wildman–Crippen MR) is 101 cm³/mol. The monoisotopic (exact) mass is 415 g/mol. The molecule has 0 radical (unpaired) electrons. The Morgan fingerprint density at radius 2 is 1.82 bits per heavy atom. The van der Waals surface area contributed by atoms with Gasteiger partial charge < -0.3 is 14.8 Å². The molecule has 2 rings (SSSR count). The van der Waals surface area contributed by atoms with Crippen molar-refractivity contribution in [1.29, 1.82) is 0 Å². The topological polar surface area (TPSA) is 64.6 Å². The normalized spacial score (nSPS) is 13.5. The lowest BCUT2D eigenvalue weighted by Gasteiger charge is -2.16. The fraction of sp³-hybridized carbons (Fsp3) is 0.316. The van der Waals surface area contributed by atoms with Crippen LogP contribution in [-0.4, -0.2) is 29.6 Å². The van der Waals surface area contributed by atoms with Crippen LogP contribution in [0.2, 0.25) is 0 Å². The van der Waals surface area contributed by atoms with E-state index in [4.69, 9.17) is 9.47 Å². The highest BCUT2D eigenvalue weighted by atomic mass is 32.2. The Balaban J connectivity index is 2.15. The Labute approximate surface area is 163 Å². The molecule has 28 heavy (non-hydrogen) atoms. The highest BCUT2D eigenvalue weighted by Gasteiger charge is 2.34. The van der Waals surface area contributed by atoms with Crippen LogP contribution in [0.25, 0.3) is 0 Å². The summed E-state index contributed by atoms with van der Waals surface area (Å²) in [6, 6.07) is 9.66. The zero-order chi connectivity index (χ0) is 20.9. The van der Waals surface area contributed by atoms with E-state index in [2.05, 4.69) is 5.32 Å². The highest BCUT2D eigenvalue weighted by molar-refractivity contribution is 7.85. The molecular formula is C19H20F3NO4S. The summed E-state index contributed by atoms with van der Waals surface area (Å²) >= 11 is 0. The molecule has 0 heterocycles. The molecule has 1 amide bonds. The maximum Gasteiger partial charge on any atom is 0.416 e. The number of carbonyl (C=O) groups is 1. The first-order valence-electron chi connectivity index (χ1n) is 8.22. The quantitative estimate of drug-likeness (QED) is 0.743. The lowest BCUT2D eigenvalue weighted by atomic mass is 10.1. The third kappa shape index (κ3) is 5.25. The van der Waals surface area contributed by atoms with Crippen molar-refractivity contribution in [2.24, 2.45) is 0 Å². The predicted octanol–water partition coefficient (Wildman–Crippen LogP) is 4.00. The molecular weight excluding hydrogens is 395 g/mol. The summed E-state index contributed by atoms with van der Waals surface area (Å²) in [4.78, 5) is 12.5. The fourth-order valence-corrected chi connectivity index (χ4v) is 3.57. The van der Waals surface area contributed by atoms with Crippen LogP contribution >= 0.6 is 0 Å². The van der Waals surface area contributed by atoms with Gasteiger partial charge in [0.15, 0.2) is 0 Å². The van der Waals surface area contributed by atoms with E-state index in [0.29, 0.717) is 17.2 Å². The number of ether oxygens (including phenoxy) is 2. The summed E-state index contributed by atoms with van der Waals surface area (Å²) in [6.45, 7) is 1.40. The summed E-state index contributed by atoms with van der Waals surface area (Å²) in [5, 5.41) is 1.54. The minimum atomic E-state index is -4.56. The number of anilines is 1. The first-order chi connectivity index (χ1) is 13.2. The SMILES string of the molecule is COc1ccc(OC)c(NC(=O)[C@H](C)[S@@](=O)Cc2ccccc2C(F)(F)F)c1. The number of carbonyl (C=O) groups excluding carboxylic acids is 1. The molecule has 0 bridgehead atoms. The Kier molecular flexibility index (Phi) is 7.06. The van der Waals surface area contributed by atoms with Crippen LogP contribution in [0.1, 0.15) is 18.1 Å². The molecule has 0 aliphatic carbocycles. The molecule has 0 saturated heterocycles. The van der Waals surface area contributed by atoms with Crippen molar-refractivity contribution in [3.05, 3.63) is 53.6 Å². The van der Waals surface area contributed by atoms with Crippen LogP contribution in [0.5, 0.6) is 11.5 Å². The Bertz CT molecular complexity index is 870. The van der Waals surface area contributed by atoms with Gasteiger partial charge in [-0.15, -0.1) is 0 Å². The summed E-state index contributed by atoms with van der Waals surface area (Å²) in [6.07, 6.45) is -4.56. The van der Waals surface area contributed by atoms with Gasteiger partial charge in [0, 0.05) is 22.6 Å². The highest BCUT2D eigenvalue weighted by Crippen LogP contribution is 2.33. The number of amides is 1. The van der Waals surface area contributed by atoms with E-state index in [9.17, 15) is 22.2 Å². The zero-order valence-electron chi connectivity index (χ0n) is 15.5. The molecule has 152 valence electrons. The van der Waals surface area contributed by atoms with Gasteiger partial charge in [-0.3, -0.25) is 9.00 Å². The van der Waals surface area contributed by atoms with Gasteiger partial charge >= 0.3 is 6.18 Å². The molecule has 1 N–H and O–H groups in total. The summed E-state index contributed by atoms with van der Waals surface area (Å²) in [7, 11) is 1.02. The average Bonchev–Trinajstić information content (AvgIpc) is 2.66. The molecule has 0 saturated carbocycles. The third-order valence-electron chi connectivity index (χ3n) is 4.05. The lowest BCUT2D eigenvalue weighted by molar-refractivity contribution is -0.138. The maximum atomic E-state index is 13.1. The van der Waals surface area contributed by atoms with Crippen molar-refractivity contribution >= 4 is 22.4 Å². The second kappa shape index (κ2) is 9.09. The Morgan fingerprint density at radius 1 is 1.14 bits per heavy atom. The number of nitrogens with one attached hydrogen (secondary N) is 1. The summed E-state index contributed by atoms with van der Waals surface area (Å²) in [5.41, 5.74) is -0.663. The van der Waals surface area contributed by atoms with Crippen LogP contribution in [-0.2, 0) is 27.5 Å². The van der Waals surface area contributed by atoms with Gasteiger partial charge in [0.2, 0.25) is 5.91 Å². The molecule has 0 unspecified atom stereocenters. The number of halogens is 3. The molecule has 2 aromatic carbocycles. The van der Waals surface area contributed by atoms with Crippen LogP contribution < -0.4 is 14.8 Å². The smallest absolute Gasteiger partial charge is 0.416 e. The molecule has 0 fully saturated rings. The van der Waals surface area contributed by atoms with Crippen molar-refractivity contribution < 1.29 is 31.6 Å². The zero-order valence-corrected chi connectivity index (χ0v) is 16.3. The van der Waals surface area contributed by atoms with Gasteiger partial charge in [0.05, 0.1) is 25.5 Å². The second-order valence-electron chi connectivity index (χ2n) is 5.88. The molecule has 0 aliphatic heterocycles. The van der Waals surface area contributed by atoms with E-state index in [-0.39, 0.29) is 11.3 Å². The van der Waals surface area contributed by atoms with E-state index < -0.39 is 33.7 Å². The molecule has 9 heteroatoms. The van der Waals surface area contributed by atoms with Gasteiger partial charge in [0.1, 0.15) is 16.7 Å². The molecule has 0 spiro atoms. The van der Waals surface area contributed by atoms with Crippen molar-refractivity contribution in [3.63, 3.8) is 0 Å². The third-order valence-corrected chi connectivity index (χ3v) is 5.65. The first kappa shape index (κ1) is 21.7. The average molecular weight is 415 g/mol. The molecule has 0 aliphatic rings. The lowest BCUT2D eigenvalue weighted by Crippen LogP contribution is -2.30. The number of rotatable bonds is 7. The molecule has 0 aromatic heterocycles. The van der Waals surface area contributed by atoms with Crippen LogP contribution in [0.3, 0.4) is 0 Å². The molecule has 5 nitrogen and oxygen atoms in total. The Hall–Kier alpha value is -2.55. The van der Waals surface area contributed by atoms with Crippen molar-refractivity contribution in [2.75, 3.05) is 19.5 Å². The van der Waals surface area contributed by atoms with Crippen LogP contribution in [0.15, 0.2) is 42.5 Å². The van der Waals surface area contributed by atoms with E-state index in [1.165, 1.54) is 45.4 Å². The largest absolute Gasteiger partial charge is 0.497 e. The number of hydrogen-bond acceptors (Lipinski definition) is 4. The number of hydrogen-bond donors (Lipinski definition) is 1. The molecule has 2 atom stereocenters. The van der Waals surface area contributed by atoms with Crippen LogP contribution in [0, 0.1) is 0 Å². The van der Waals surface area contributed by atoms with Crippen LogP contribution in [0.4, 0.5) is 18.9 Å². The number of alkyl halides is 3. The maximum absolute atomic E-state index is 13.1. The van der Waals surface area contributed by atoms with Crippen molar-refractivity contribution in [3.8, 4) is 11.5 Å². The van der Waals surface area contributed by atoms with E-state index >= 15 is 0 Å². The number of benzene rings is 2. The first-order valence-corrected chi connectivity index (χ1v) is 9.60. The fourth-order valence-electron chi connectivity index (χ4n) is 2.47. The van der Waals surface area contributed by atoms with E-state index in [1.54, 1.807) is 12.1 Å². The minimum absolute atomic E-state index is 0.119. The van der Waals surface area contributed by atoms with E-state index in [1.807, 2.05) is 0 Å². The van der Waals surface area contributed by atoms with Gasteiger partial charge in [0.25, 0.3) is 0 Å². The van der Waals surface area contributed by atoms with E-state index in [0.717, 1.165) is 6.07 Å². The van der Waals surface area contributed by atoms with Gasteiger partial charge in [-0.2, -0.15) is 13.2 Å². The van der Waals surface area contributed by atoms with Gasteiger partial charge in [-0.05, 0) is 30.7 Å². The molecule has 2 aromatic rings.